The highest BCUT2D eigenvalue weighted by Gasteiger charge is 2.03. The Morgan fingerprint density at radius 1 is 1.33 bits per heavy atom. The molecule has 0 aromatic heterocycles. The first-order chi connectivity index (χ1) is 5.85. The molecular formula is C11H22O. The second-order valence-electron chi connectivity index (χ2n) is 3.42. The first-order valence-electron chi connectivity index (χ1n) is 5.06. The van der Waals surface area contributed by atoms with E-state index in [-0.39, 0.29) is 0 Å². The maximum Gasteiger partial charge on any atom is 0.0462 e. The van der Waals surface area contributed by atoms with E-state index in [0.717, 1.165) is 12.8 Å². The molecule has 0 aliphatic rings. The predicted molar refractivity (Wildman–Crippen MR) is 54.1 cm³/mol. The normalized spacial score (nSPS) is 12.8. The molecule has 0 bridgehead atoms. The Morgan fingerprint density at radius 3 is 2.58 bits per heavy atom. The Morgan fingerprint density at radius 2 is 2.08 bits per heavy atom. The van der Waals surface area contributed by atoms with Gasteiger partial charge >= 0.3 is 0 Å². The quantitative estimate of drug-likeness (QED) is 0.438. The van der Waals surface area contributed by atoms with Crippen molar-refractivity contribution in [2.75, 3.05) is 6.61 Å². The van der Waals surface area contributed by atoms with Gasteiger partial charge in [0.2, 0.25) is 0 Å². The average Bonchev–Trinajstić information content (AvgIpc) is 2.10. The minimum Gasteiger partial charge on any atom is -0.396 e. The lowest BCUT2D eigenvalue weighted by molar-refractivity contribution is 0.217. The van der Waals surface area contributed by atoms with Crippen molar-refractivity contribution < 1.29 is 5.11 Å². The molecule has 0 aromatic rings. The van der Waals surface area contributed by atoms with Crippen LogP contribution < -0.4 is 0 Å². The molecule has 72 valence electrons. The molecule has 1 nitrogen and oxygen atoms in total. The average molecular weight is 170 g/mol. The third-order valence-electron chi connectivity index (χ3n) is 2.22. The van der Waals surface area contributed by atoms with Crippen molar-refractivity contribution in [2.45, 2.75) is 45.4 Å². The lowest BCUT2D eigenvalue weighted by Crippen LogP contribution is -2.04. The highest BCUT2D eigenvalue weighted by molar-refractivity contribution is 4.72. The molecule has 0 aliphatic carbocycles. The van der Waals surface area contributed by atoms with Crippen LogP contribution in [0.3, 0.4) is 0 Å². The molecule has 0 unspecified atom stereocenters. The Labute approximate surface area is 76.5 Å². The van der Waals surface area contributed by atoms with Crippen molar-refractivity contribution >= 4 is 0 Å². The van der Waals surface area contributed by atoms with Gasteiger partial charge in [0, 0.05) is 6.61 Å². The van der Waals surface area contributed by atoms with Crippen LogP contribution >= 0.6 is 0 Å². The number of hydrogen-bond acceptors (Lipinski definition) is 1. The zero-order valence-corrected chi connectivity index (χ0v) is 8.26. The zero-order valence-electron chi connectivity index (χ0n) is 8.26. The molecule has 1 N–H and O–H groups in total. The van der Waals surface area contributed by atoms with Gasteiger partial charge in [0.15, 0.2) is 0 Å². The molecular weight excluding hydrogens is 148 g/mol. The highest BCUT2D eigenvalue weighted by atomic mass is 16.3. The number of unbranched alkanes of at least 4 members (excludes halogenated alkanes) is 3. The van der Waals surface area contributed by atoms with Crippen LogP contribution in [0, 0.1) is 5.92 Å². The van der Waals surface area contributed by atoms with E-state index < -0.39 is 0 Å². The maximum atomic E-state index is 8.97. The van der Waals surface area contributed by atoms with Gasteiger partial charge in [0.25, 0.3) is 0 Å². The molecule has 0 radical (unpaired) electrons. The maximum absolute atomic E-state index is 8.97. The molecule has 0 fully saturated rings. The number of hydrogen-bond donors (Lipinski definition) is 1. The van der Waals surface area contributed by atoms with Crippen LogP contribution in [0.5, 0.6) is 0 Å². The van der Waals surface area contributed by atoms with Gasteiger partial charge in [-0.15, -0.1) is 6.58 Å². The van der Waals surface area contributed by atoms with Gasteiger partial charge in [-0.2, -0.15) is 0 Å². The lowest BCUT2D eigenvalue weighted by atomic mass is 9.98. The van der Waals surface area contributed by atoms with Gasteiger partial charge in [-0.25, -0.2) is 0 Å². The summed E-state index contributed by atoms with van der Waals surface area (Å²) in [7, 11) is 0. The van der Waals surface area contributed by atoms with Crippen molar-refractivity contribution in [3.8, 4) is 0 Å². The number of aliphatic hydroxyl groups excluding tert-OH is 1. The molecule has 0 amide bonds. The summed E-state index contributed by atoms with van der Waals surface area (Å²) in [6.07, 6.45) is 9.19. The molecule has 0 aliphatic heterocycles. The molecule has 1 atom stereocenters. The fraction of sp³-hybridized carbons (Fsp3) is 0.818. The summed E-state index contributed by atoms with van der Waals surface area (Å²) in [5.41, 5.74) is 0. The Balaban J connectivity index is 3.25. The van der Waals surface area contributed by atoms with E-state index in [1.165, 1.54) is 25.7 Å². The largest absolute Gasteiger partial charge is 0.396 e. The standard InChI is InChI=1S/C11H22O/c1-3-5-6-7-9-11(10-12)8-4-2/h4,11-12H,2-3,5-10H2,1H3/t11-/m0/s1. The van der Waals surface area contributed by atoms with E-state index >= 15 is 0 Å². The van der Waals surface area contributed by atoms with Crippen LogP contribution in [-0.4, -0.2) is 11.7 Å². The highest BCUT2D eigenvalue weighted by Crippen LogP contribution is 2.13. The van der Waals surface area contributed by atoms with Gasteiger partial charge in [0.05, 0.1) is 0 Å². The topological polar surface area (TPSA) is 20.2 Å². The summed E-state index contributed by atoms with van der Waals surface area (Å²) >= 11 is 0. The van der Waals surface area contributed by atoms with Crippen molar-refractivity contribution in [3.05, 3.63) is 12.7 Å². The summed E-state index contributed by atoms with van der Waals surface area (Å²) in [5, 5.41) is 8.97. The van der Waals surface area contributed by atoms with Gasteiger partial charge < -0.3 is 5.11 Å². The first kappa shape index (κ1) is 11.7. The molecule has 1 heteroatoms. The van der Waals surface area contributed by atoms with E-state index in [2.05, 4.69) is 13.5 Å². The summed E-state index contributed by atoms with van der Waals surface area (Å²) in [6, 6.07) is 0. The van der Waals surface area contributed by atoms with E-state index in [9.17, 15) is 0 Å². The van der Waals surface area contributed by atoms with Crippen molar-refractivity contribution in [1.82, 2.24) is 0 Å². The Hall–Kier alpha value is -0.300. The minimum atomic E-state index is 0.318. The van der Waals surface area contributed by atoms with Crippen molar-refractivity contribution in [3.63, 3.8) is 0 Å². The van der Waals surface area contributed by atoms with Crippen molar-refractivity contribution in [1.29, 1.82) is 0 Å². The molecule has 12 heavy (non-hydrogen) atoms. The second kappa shape index (κ2) is 8.79. The van der Waals surface area contributed by atoms with Gasteiger partial charge in [-0.1, -0.05) is 38.7 Å². The van der Waals surface area contributed by atoms with Crippen molar-refractivity contribution in [2.24, 2.45) is 5.92 Å². The number of aliphatic hydroxyl groups is 1. The molecule has 0 rings (SSSR count). The lowest BCUT2D eigenvalue weighted by Gasteiger charge is -2.10. The van der Waals surface area contributed by atoms with E-state index in [0.29, 0.717) is 12.5 Å². The van der Waals surface area contributed by atoms with Crippen LogP contribution in [-0.2, 0) is 0 Å². The molecule has 0 heterocycles. The smallest absolute Gasteiger partial charge is 0.0462 e. The van der Waals surface area contributed by atoms with Crippen LogP contribution in [0.2, 0.25) is 0 Å². The molecule has 0 saturated carbocycles. The third kappa shape index (κ3) is 6.41. The van der Waals surface area contributed by atoms with E-state index in [1.807, 2.05) is 6.08 Å². The summed E-state index contributed by atoms with van der Waals surface area (Å²) in [5.74, 6) is 0.458. The van der Waals surface area contributed by atoms with E-state index in [4.69, 9.17) is 5.11 Å². The fourth-order valence-electron chi connectivity index (χ4n) is 1.38. The predicted octanol–water partition coefficient (Wildman–Crippen LogP) is 3.14. The Kier molecular flexibility index (Phi) is 8.57. The second-order valence-corrected chi connectivity index (χ2v) is 3.42. The first-order valence-corrected chi connectivity index (χ1v) is 5.06. The van der Waals surface area contributed by atoms with Gasteiger partial charge in [-0.05, 0) is 18.8 Å². The molecule has 0 saturated heterocycles. The summed E-state index contributed by atoms with van der Waals surface area (Å²) in [4.78, 5) is 0. The van der Waals surface area contributed by atoms with Crippen LogP contribution in [0.4, 0.5) is 0 Å². The summed E-state index contributed by atoms with van der Waals surface area (Å²) < 4.78 is 0. The van der Waals surface area contributed by atoms with Crippen LogP contribution in [0.25, 0.3) is 0 Å². The Bertz CT molecular complexity index is 99.2. The SMILES string of the molecule is C=CC[C@H](CO)CCCCCC. The molecule has 0 spiro atoms. The van der Waals surface area contributed by atoms with Gasteiger partial charge in [-0.3, -0.25) is 0 Å². The van der Waals surface area contributed by atoms with Crippen LogP contribution in [0.1, 0.15) is 45.4 Å². The van der Waals surface area contributed by atoms with Crippen LogP contribution in [0.15, 0.2) is 12.7 Å². The fourth-order valence-corrected chi connectivity index (χ4v) is 1.38. The van der Waals surface area contributed by atoms with E-state index in [1.54, 1.807) is 0 Å². The monoisotopic (exact) mass is 170 g/mol. The van der Waals surface area contributed by atoms with Gasteiger partial charge in [0.1, 0.15) is 0 Å². The number of allylic oxidation sites excluding steroid dienone is 1. The number of rotatable bonds is 8. The minimum absolute atomic E-state index is 0.318. The summed E-state index contributed by atoms with van der Waals surface area (Å²) in [6.45, 7) is 6.21. The molecule has 0 aromatic carbocycles. The zero-order chi connectivity index (χ0) is 9.23. The third-order valence-corrected chi connectivity index (χ3v) is 2.22.